The van der Waals surface area contributed by atoms with Crippen LogP contribution in [0.3, 0.4) is 0 Å². The van der Waals surface area contributed by atoms with Gasteiger partial charge in [-0.1, -0.05) is 17.9 Å². The predicted octanol–water partition coefficient (Wildman–Crippen LogP) is 6.43. The van der Waals surface area contributed by atoms with Crippen LogP contribution in [-0.4, -0.2) is 64.1 Å². The van der Waals surface area contributed by atoms with Crippen molar-refractivity contribution in [2.75, 3.05) is 37.9 Å². The van der Waals surface area contributed by atoms with Gasteiger partial charge in [-0.3, -0.25) is 4.79 Å². The number of methoxy groups -OCH3 is 2. The molecule has 1 aliphatic heterocycles. The Morgan fingerprint density at radius 3 is 2.62 bits per heavy atom. The summed E-state index contributed by atoms with van der Waals surface area (Å²) in [5, 5.41) is 9.54. The number of pyridine rings is 1. The second-order valence-corrected chi connectivity index (χ2v) is 11.0. The maximum Gasteiger partial charge on any atom is 0.279 e. The van der Waals surface area contributed by atoms with Gasteiger partial charge in [0, 0.05) is 59.9 Å². The number of thiazole rings is 1. The summed E-state index contributed by atoms with van der Waals surface area (Å²) in [6.45, 7) is 4.85. The zero-order chi connectivity index (χ0) is 31.3. The van der Waals surface area contributed by atoms with Gasteiger partial charge in [0.1, 0.15) is 29.5 Å². The Labute approximate surface area is 262 Å². The van der Waals surface area contributed by atoms with E-state index in [0.29, 0.717) is 58.1 Å². The maximum atomic E-state index is 15.3. The van der Waals surface area contributed by atoms with Gasteiger partial charge in [0.25, 0.3) is 5.19 Å². The molecule has 0 unspecified atom stereocenters. The number of benzene rings is 2. The summed E-state index contributed by atoms with van der Waals surface area (Å²) >= 11 is 1.30. The number of ether oxygens (including phenoxy) is 3. The third kappa shape index (κ3) is 6.63. The smallest absolute Gasteiger partial charge is 0.279 e. The van der Waals surface area contributed by atoms with E-state index in [2.05, 4.69) is 37.1 Å². The molecule has 0 atom stereocenters. The number of carbonyl (C=O) groups excluding carboxylic acids is 1. The first kappa shape index (κ1) is 29.8. The van der Waals surface area contributed by atoms with Gasteiger partial charge in [0.05, 0.1) is 36.8 Å². The molecular formula is C32H30FN7O4S. The topological polar surface area (TPSA) is 124 Å². The van der Waals surface area contributed by atoms with Crippen LogP contribution in [0.2, 0.25) is 0 Å². The van der Waals surface area contributed by atoms with Crippen molar-refractivity contribution in [3.8, 4) is 33.8 Å². The molecule has 2 N–H and O–H groups in total. The Balaban J connectivity index is 1.17. The van der Waals surface area contributed by atoms with Crippen LogP contribution in [0.4, 0.5) is 21.6 Å². The molecular weight excluding hydrogens is 597 g/mol. The average molecular weight is 628 g/mol. The molecule has 2 aromatic carbocycles. The molecule has 0 spiro atoms. The number of carbonyl (C=O) groups is 1. The van der Waals surface area contributed by atoms with Crippen molar-refractivity contribution in [1.29, 1.82) is 0 Å². The van der Waals surface area contributed by atoms with E-state index in [9.17, 15) is 4.79 Å². The number of nitrogens with one attached hydrogen (secondary N) is 2. The van der Waals surface area contributed by atoms with Crippen LogP contribution in [0.5, 0.6) is 22.6 Å². The minimum atomic E-state index is -0.525. The quantitative estimate of drug-likeness (QED) is 0.168. The summed E-state index contributed by atoms with van der Waals surface area (Å²) in [5.74, 6) is 1.29. The highest BCUT2D eigenvalue weighted by Crippen LogP contribution is 2.36. The first-order valence-electron chi connectivity index (χ1n) is 14.1. The minimum absolute atomic E-state index is 0.0590. The van der Waals surface area contributed by atoms with E-state index in [4.69, 9.17) is 14.2 Å². The molecule has 45 heavy (non-hydrogen) atoms. The SMILES string of the molecule is C=CC(=O)N1CCC(Nc2cc3c(Nc4ccc(Oc5nc(-c6ccc(OC)nc6)cs5)cc4F)ncnc3cc2OC)CC1. The number of anilines is 3. The molecule has 3 aromatic heterocycles. The van der Waals surface area contributed by atoms with E-state index < -0.39 is 5.82 Å². The standard InChI is InChI=1S/C32H30FN7O4S/c1-4-30(41)40-11-9-20(10-12-40)37-26-14-22-25(15-28(26)42-2)35-18-36-31(22)38-24-7-6-21(13-23(24)33)44-32-39-27(17-45-32)19-5-8-29(43-3)34-16-19/h4-8,13-18,20,37H,1,9-12H2,2-3H3,(H,35,36,38). The van der Waals surface area contributed by atoms with Crippen molar-refractivity contribution in [2.45, 2.75) is 18.9 Å². The van der Waals surface area contributed by atoms with Gasteiger partial charge in [-0.15, -0.1) is 0 Å². The molecule has 0 saturated carbocycles. The third-order valence-electron chi connectivity index (χ3n) is 7.42. The van der Waals surface area contributed by atoms with Crippen LogP contribution in [-0.2, 0) is 4.79 Å². The molecule has 1 amide bonds. The predicted molar refractivity (Wildman–Crippen MR) is 171 cm³/mol. The molecule has 1 fully saturated rings. The van der Waals surface area contributed by atoms with Crippen molar-refractivity contribution in [2.24, 2.45) is 0 Å². The number of halogens is 1. The van der Waals surface area contributed by atoms with Gasteiger partial charge >= 0.3 is 0 Å². The van der Waals surface area contributed by atoms with Crippen LogP contribution >= 0.6 is 11.3 Å². The van der Waals surface area contributed by atoms with E-state index in [1.807, 2.05) is 23.6 Å². The number of amides is 1. The summed E-state index contributed by atoms with van der Waals surface area (Å²) in [4.78, 5) is 31.2. The molecule has 0 radical (unpaired) electrons. The number of nitrogens with zero attached hydrogens (tertiary/aromatic N) is 5. The molecule has 11 nitrogen and oxygen atoms in total. The van der Waals surface area contributed by atoms with E-state index in [1.165, 1.54) is 29.8 Å². The molecule has 230 valence electrons. The van der Waals surface area contributed by atoms with Gasteiger partial charge < -0.3 is 29.7 Å². The van der Waals surface area contributed by atoms with Crippen molar-refractivity contribution in [3.63, 3.8) is 0 Å². The highest BCUT2D eigenvalue weighted by molar-refractivity contribution is 7.11. The Morgan fingerprint density at radius 2 is 1.91 bits per heavy atom. The van der Waals surface area contributed by atoms with Crippen LogP contribution in [0.25, 0.3) is 22.2 Å². The van der Waals surface area contributed by atoms with Crippen molar-refractivity contribution < 1.29 is 23.4 Å². The van der Waals surface area contributed by atoms with Crippen LogP contribution in [0, 0.1) is 5.82 Å². The second-order valence-electron chi connectivity index (χ2n) is 10.2. The number of rotatable bonds is 10. The number of fused-ring (bicyclic) bond motifs is 1. The monoisotopic (exact) mass is 627 g/mol. The molecule has 0 bridgehead atoms. The minimum Gasteiger partial charge on any atom is -0.495 e. The lowest BCUT2D eigenvalue weighted by Gasteiger charge is -2.32. The Bertz CT molecular complexity index is 1840. The number of hydrogen-bond donors (Lipinski definition) is 2. The first-order chi connectivity index (χ1) is 21.9. The van der Waals surface area contributed by atoms with Gasteiger partial charge in [-0.25, -0.2) is 24.3 Å². The van der Waals surface area contributed by atoms with Gasteiger partial charge in [-0.05, 0) is 43.2 Å². The Kier molecular flexibility index (Phi) is 8.69. The Morgan fingerprint density at radius 1 is 1.07 bits per heavy atom. The fraction of sp³-hybridized carbons (Fsp3) is 0.219. The second kappa shape index (κ2) is 13.1. The molecule has 13 heteroatoms. The lowest BCUT2D eigenvalue weighted by molar-refractivity contribution is -0.126. The largest absolute Gasteiger partial charge is 0.495 e. The molecule has 6 rings (SSSR count). The summed E-state index contributed by atoms with van der Waals surface area (Å²) in [7, 11) is 3.15. The van der Waals surface area contributed by atoms with Crippen molar-refractivity contribution in [1.82, 2.24) is 24.8 Å². The zero-order valence-electron chi connectivity index (χ0n) is 24.6. The zero-order valence-corrected chi connectivity index (χ0v) is 25.4. The number of piperidine rings is 1. The summed E-state index contributed by atoms with van der Waals surface area (Å²) in [6.07, 6.45) is 5.98. The lowest BCUT2D eigenvalue weighted by atomic mass is 10.0. The molecule has 4 heterocycles. The molecule has 0 aliphatic carbocycles. The van der Waals surface area contributed by atoms with Gasteiger partial charge in [0.15, 0.2) is 0 Å². The van der Waals surface area contributed by atoms with Crippen LogP contribution < -0.4 is 24.8 Å². The molecule has 1 aliphatic rings. The van der Waals surface area contributed by atoms with E-state index in [0.717, 1.165) is 24.1 Å². The van der Waals surface area contributed by atoms with E-state index >= 15 is 4.39 Å². The van der Waals surface area contributed by atoms with Crippen LogP contribution in [0.15, 0.2) is 73.0 Å². The Hall–Kier alpha value is -5.30. The number of likely N-dealkylation sites (tertiary alicyclic amines) is 1. The van der Waals surface area contributed by atoms with E-state index in [-0.39, 0.29) is 17.6 Å². The summed E-state index contributed by atoms with van der Waals surface area (Å²) in [5.41, 5.74) is 3.11. The van der Waals surface area contributed by atoms with Crippen LogP contribution in [0.1, 0.15) is 12.8 Å². The maximum absolute atomic E-state index is 15.3. The van der Waals surface area contributed by atoms with Gasteiger partial charge in [-0.2, -0.15) is 0 Å². The highest BCUT2D eigenvalue weighted by Gasteiger charge is 2.23. The summed E-state index contributed by atoms with van der Waals surface area (Å²) < 4.78 is 31.9. The number of aromatic nitrogens is 4. The molecule has 1 saturated heterocycles. The first-order valence-corrected chi connectivity index (χ1v) is 15.0. The van der Waals surface area contributed by atoms with Crippen molar-refractivity contribution >= 4 is 45.3 Å². The number of hydrogen-bond acceptors (Lipinski definition) is 11. The molecule has 5 aromatic rings. The fourth-order valence-corrected chi connectivity index (χ4v) is 5.73. The van der Waals surface area contributed by atoms with Gasteiger partial charge in [0.2, 0.25) is 11.8 Å². The lowest BCUT2D eigenvalue weighted by Crippen LogP contribution is -2.41. The fourth-order valence-electron chi connectivity index (χ4n) is 5.04. The third-order valence-corrected chi connectivity index (χ3v) is 8.14. The highest BCUT2D eigenvalue weighted by atomic mass is 32.1. The van der Waals surface area contributed by atoms with E-state index in [1.54, 1.807) is 43.5 Å². The normalized spacial score (nSPS) is 13.4. The average Bonchev–Trinajstić information content (AvgIpc) is 3.54. The summed E-state index contributed by atoms with van der Waals surface area (Å²) in [6, 6.07) is 12.0. The van der Waals surface area contributed by atoms with Crippen molar-refractivity contribution in [3.05, 3.63) is 78.8 Å².